The Kier molecular flexibility index (Phi) is 5.87. The van der Waals surface area contributed by atoms with Gasteiger partial charge in [-0.25, -0.2) is 4.98 Å². The third-order valence-corrected chi connectivity index (χ3v) is 5.11. The molecular formula is C16H19IN2OS. The van der Waals surface area contributed by atoms with Crippen LogP contribution in [0.15, 0.2) is 34.0 Å². The van der Waals surface area contributed by atoms with Crippen LogP contribution in [0.2, 0.25) is 0 Å². The molecule has 0 unspecified atom stereocenters. The smallest absolute Gasteiger partial charge is 0.264 e. The van der Waals surface area contributed by atoms with Crippen LogP contribution in [0, 0.1) is 16.4 Å². The highest BCUT2D eigenvalue weighted by Gasteiger charge is 2.10. The monoisotopic (exact) mass is 414 g/mol. The molecule has 0 aliphatic heterocycles. The Morgan fingerprint density at radius 1 is 1.29 bits per heavy atom. The second-order valence-electron chi connectivity index (χ2n) is 5.47. The first-order chi connectivity index (χ1) is 9.95. The Labute approximate surface area is 143 Å². The zero-order chi connectivity index (χ0) is 15.4. The van der Waals surface area contributed by atoms with E-state index in [1.54, 1.807) is 11.8 Å². The number of H-pyrrole nitrogens is 1. The molecule has 0 aliphatic carbocycles. The number of nitrogens with one attached hydrogen (secondary N) is 1. The molecule has 1 N–H and O–H groups in total. The lowest BCUT2D eigenvalue weighted by Gasteiger charge is -2.09. The summed E-state index contributed by atoms with van der Waals surface area (Å²) in [6.07, 6.45) is 0.838. The van der Waals surface area contributed by atoms with Crippen molar-refractivity contribution in [1.29, 1.82) is 0 Å². The van der Waals surface area contributed by atoms with Crippen LogP contribution in [0.5, 0.6) is 0 Å². The Bertz CT molecular complexity index is 665. The van der Waals surface area contributed by atoms with Crippen molar-refractivity contribution in [2.75, 3.05) is 0 Å². The van der Waals surface area contributed by atoms with E-state index in [1.807, 2.05) is 0 Å². The van der Waals surface area contributed by atoms with Crippen molar-refractivity contribution in [3.63, 3.8) is 0 Å². The predicted octanol–water partition coefficient (Wildman–Crippen LogP) is 4.17. The minimum atomic E-state index is -0.0271. The molecule has 0 spiro atoms. The number of halogens is 1. The number of aryl methyl sites for hydroxylation is 1. The number of benzene rings is 1. The van der Waals surface area contributed by atoms with Gasteiger partial charge in [0, 0.05) is 4.90 Å². The van der Waals surface area contributed by atoms with Crippen molar-refractivity contribution in [2.24, 2.45) is 5.92 Å². The maximum absolute atomic E-state index is 12.0. The normalized spacial score (nSPS) is 11.1. The maximum Gasteiger partial charge on any atom is 0.264 e. The van der Waals surface area contributed by atoms with Crippen LogP contribution in [-0.4, -0.2) is 9.97 Å². The summed E-state index contributed by atoms with van der Waals surface area (Å²) < 4.78 is 0.713. The fourth-order valence-electron chi connectivity index (χ4n) is 1.93. The van der Waals surface area contributed by atoms with Crippen LogP contribution in [0.4, 0.5) is 0 Å². The average Bonchev–Trinajstić information content (AvgIpc) is 2.43. The van der Waals surface area contributed by atoms with Gasteiger partial charge in [-0.05, 0) is 54.0 Å². The van der Waals surface area contributed by atoms with E-state index < -0.39 is 0 Å². The van der Waals surface area contributed by atoms with Gasteiger partial charge in [0.05, 0.1) is 15.0 Å². The van der Waals surface area contributed by atoms with Gasteiger partial charge in [0.1, 0.15) is 5.82 Å². The Morgan fingerprint density at radius 2 is 1.95 bits per heavy atom. The largest absolute Gasteiger partial charge is 0.309 e. The number of aromatic amines is 1. The number of nitrogens with zero attached hydrogens (tertiary/aromatic N) is 1. The van der Waals surface area contributed by atoms with Gasteiger partial charge in [0.2, 0.25) is 0 Å². The predicted molar refractivity (Wildman–Crippen MR) is 96.9 cm³/mol. The van der Waals surface area contributed by atoms with Crippen LogP contribution >= 0.6 is 34.4 Å². The van der Waals surface area contributed by atoms with E-state index in [9.17, 15) is 4.79 Å². The zero-order valence-corrected chi connectivity index (χ0v) is 15.4. The van der Waals surface area contributed by atoms with Crippen molar-refractivity contribution in [1.82, 2.24) is 9.97 Å². The number of hydrogen-bond donors (Lipinski definition) is 1. The van der Waals surface area contributed by atoms with E-state index in [1.165, 1.54) is 10.5 Å². The first kappa shape index (κ1) is 16.5. The summed E-state index contributed by atoms with van der Waals surface area (Å²) in [5.41, 5.74) is 2.13. The van der Waals surface area contributed by atoms with E-state index in [2.05, 4.69) is 77.6 Å². The van der Waals surface area contributed by atoms with Gasteiger partial charge < -0.3 is 4.98 Å². The van der Waals surface area contributed by atoms with Crippen molar-refractivity contribution in [2.45, 2.75) is 37.8 Å². The second kappa shape index (κ2) is 7.45. The van der Waals surface area contributed by atoms with Gasteiger partial charge in [-0.15, -0.1) is 11.8 Å². The molecule has 1 aromatic heterocycles. The van der Waals surface area contributed by atoms with Crippen molar-refractivity contribution < 1.29 is 0 Å². The Balaban J connectivity index is 2.14. The quantitative estimate of drug-likeness (QED) is 0.590. The number of aromatic nitrogens is 2. The average molecular weight is 414 g/mol. The summed E-state index contributed by atoms with van der Waals surface area (Å²) in [7, 11) is 0. The van der Waals surface area contributed by atoms with Crippen LogP contribution in [0.25, 0.3) is 0 Å². The van der Waals surface area contributed by atoms with Crippen LogP contribution in [0.1, 0.15) is 30.9 Å². The van der Waals surface area contributed by atoms with Crippen molar-refractivity contribution in [3.8, 4) is 0 Å². The molecule has 1 aromatic carbocycles. The molecular weight excluding hydrogens is 395 g/mol. The molecule has 112 valence electrons. The van der Waals surface area contributed by atoms with E-state index in [0.717, 1.165) is 17.9 Å². The minimum Gasteiger partial charge on any atom is -0.309 e. The summed E-state index contributed by atoms with van der Waals surface area (Å²) in [5, 5.41) is 0. The number of rotatable bonds is 5. The molecule has 0 saturated heterocycles. The molecule has 1 heterocycles. The molecule has 2 aromatic rings. The lowest BCUT2D eigenvalue weighted by molar-refractivity contribution is 0.627. The van der Waals surface area contributed by atoms with Gasteiger partial charge in [-0.3, -0.25) is 4.79 Å². The van der Waals surface area contributed by atoms with Gasteiger partial charge in [0.25, 0.3) is 5.56 Å². The summed E-state index contributed by atoms with van der Waals surface area (Å²) in [5.74, 6) is 1.92. The molecule has 2 rings (SSSR count). The summed E-state index contributed by atoms with van der Waals surface area (Å²) in [6.45, 7) is 6.35. The van der Waals surface area contributed by atoms with Gasteiger partial charge in [-0.1, -0.05) is 31.5 Å². The first-order valence-electron chi connectivity index (χ1n) is 6.92. The summed E-state index contributed by atoms with van der Waals surface area (Å²) in [6, 6.07) is 8.38. The summed E-state index contributed by atoms with van der Waals surface area (Å²) in [4.78, 5) is 20.7. The third kappa shape index (κ3) is 4.85. The van der Waals surface area contributed by atoms with E-state index >= 15 is 0 Å². The minimum absolute atomic E-state index is 0.0271. The maximum atomic E-state index is 12.0. The summed E-state index contributed by atoms with van der Waals surface area (Å²) >= 11 is 3.77. The molecule has 0 atom stereocenters. The topological polar surface area (TPSA) is 45.8 Å². The second-order valence-corrected chi connectivity index (χ2v) is 7.60. The third-order valence-electron chi connectivity index (χ3n) is 2.98. The van der Waals surface area contributed by atoms with Crippen LogP contribution in [-0.2, 0) is 12.2 Å². The molecule has 3 nitrogen and oxygen atoms in total. The Hall–Kier alpha value is -0.820. The zero-order valence-electron chi connectivity index (χ0n) is 12.4. The van der Waals surface area contributed by atoms with Gasteiger partial charge >= 0.3 is 0 Å². The molecule has 21 heavy (non-hydrogen) atoms. The van der Waals surface area contributed by atoms with E-state index in [0.29, 0.717) is 15.2 Å². The molecule has 0 aliphatic rings. The fraction of sp³-hybridized carbons (Fsp3) is 0.375. The number of hydrogen-bond acceptors (Lipinski definition) is 3. The highest BCUT2D eigenvalue weighted by molar-refractivity contribution is 14.1. The molecule has 0 bridgehead atoms. The molecule has 0 radical (unpaired) electrons. The first-order valence-corrected chi connectivity index (χ1v) is 8.99. The molecule has 0 fully saturated rings. The van der Waals surface area contributed by atoms with Crippen LogP contribution in [0.3, 0.4) is 0 Å². The molecule has 0 saturated carbocycles. The van der Waals surface area contributed by atoms with Gasteiger partial charge in [0.15, 0.2) is 0 Å². The SMILES string of the molecule is Cc1ccc(SCc2nc(CC(C)C)c(I)c(=O)[nH]2)cc1. The standard InChI is InChI=1S/C16H19IN2OS/c1-10(2)8-13-15(17)16(20)19-14(18-13)9-21-12-6-4-11(3)5-7-12/h4-7,10H,8-9H2,1-3H3,(H,18,19,20). The Morgan fingerprint density at radius 3 is 2.57 bits per heavy atom. The number of thioether (sulfide) groups is 1. The van der Waals surface area contributed by atoms with Crippen molar-refractivity contribution in [3.05, 3.63) is 55.3 Å². The van der Waals surface area contributed by atoms with E-state index in [4.69, 9.17) is 0 Å². The lowest BCUT2D eigenvalue weighted by atomic mass is 10.1. The van der Waals surface area contributed by atoms with Crippen LogP contribution < -0.4 is 5.56 Å². The van der Waals surface area contributed by atoms with Gasteiger partial charge in [-0.2, -0.15) is 0 Å². The van der Waals surface area contributed by atoms with E-state index in [-0.39, 0.29) is 5.56 Å². The van der Waals surface area contributed by atoms with Crippen molar-refractivity contribution >= 4 is 34.4 Å². The lowest BCUT2D eigenvalue weighted by Crippen LogP contribution is -2.18. The fourth-order valence-corrected chi connectivity index (χ4v) is 3.18. The highest BCUT2D eigenvalue weighted by atomic mass is 127. The molecule has 5 heteroatoms. The molecule has 0 amide bonds. The highest BCUT2D eigenvalue weighted by Crippen LogP contribution is 2.22.